The average Bonchev–Trinajstić information content (AvgIpc) is 3.31. The van der Waals surface area contributed by atoms with Crippen LogP contribution < -0.4 is 4.90 Å². The molecule has 1 aromatic heterocycles. The molecular weight excluding hydrogens is 386 g/mol. The third kappa shape index (κ3) is 4.94. The highest BCUT2D eigenvalue weighted by Crippen LogP contribution is 2.38. The molecule has 2 fully saturated rings. The lowest BCUT2D eigenvalue weighted by Gasteiger charge is -2.40. The van der Waals surface area contributed by atoms with Crippen molar-refractivity contribution < 1.29 is 14.3 Å². The molecule has 0 radical (unpaired) electrons. The number of likely N-dealkylation sites (tertiary alicyclic amines) is 1. The lowest BCUT2D eigenvalue weighted by molar-refractivity contribution is -0.160. The van der Waals surface area contributed by atoms with Crippen LogP contribution in [-0.4, -0.2) is 62.4 Å². The van der Waals surface area contributed by atoms with Crippen LogP contribution in [0.4, 0.5) is 5.13 Å². The molecule has 27 heavy (non-hydrogen) atoms. The van der Waals surface area contributed by atoms with Crippen molar-refractivity contribution in [3.8, 4) is 0 Å². The number of anilines is 1. The molecule has 1 atom stereocenters. The fraction of sp³-hybridized carbons (Fsp3) is 0.789. The van der Waals surface area contributed by atoms with Gasteiger partial charge >= 0.3 is 5.97 Å². The molecule has 6 nitrogen and oxygen atoms in total. The number of carbonyl (C=O) groups is 1. The van der Waals surface area contributed by atoms with Crippen molar-refractivity contribution in [2.45, 2.75) is 45.6 Å². The van der Waals surface area contributed by atoms with Gasteiger partial charge in [0.05, 0.1) is 16.9 Å². The fourth-order valence-electron chi connectivity index (χ4n) is 4.08. The summed E-state index contributed by atoms with van der Waals surface area (Å²) in [5.74, 6) is -0.0973. The van der Waals surface area contributed by atoms with Gasteiger partial charge in [0.1, 0.15) is 5.15 Å². The minimum Gasteiger partial charge on any atom is -0.466 e. The molecular formula is C19H30ClN3O3S. The summed E-state index contributed by atoms with van der Waals surface area (Å²) >= 11 is 8.13. The van der Waals surface area contributed by atoms with Gasteiger partial charge in [0.25, 0.3) is 0 Å². The van der Waals surface area contributed by atoms with Gasteiger partial charge in [-0.05, 0) is 45.6 Å². The maximum Gasteiger partial charge on any atom is 0.313 e. The van der Waals surface area contributed by atoms with Gasteiger partial charge in [-0.3, -0.25) is 9.69 Å². The van der Waals surface area contributed by atoms with E-state index in [9.17, 15) is 4.79 Å². The van der Waals surface area contributed by atoms with Crippen molar-refractivity contribution in [2.24, 2.45) is 5.41 Å². The average molecular weight is 416 g/mol. The highest BCUT2D eigenvalue weighted by molar-refractivity contribution is 7.16. The first-order chi connectivity index (χ1) is 13.1. The molecule has 0 aliphatic carbocycles. The van der Waals surface area contributed by atoms with Crippen molar-refractivity contribution >= 4 is 34.0 Å². The van der Waals surface area contributed by atoms with Crippen LogP contribution in [-0.2, 0) is 20.8 Å². The second-order valence-corrected chi connectivity index (χ2v) is 8.88. The zero-order valence-corrected chi connectivity index (χ0v) is 17.9. The third-order valence-corrected chi connectivity index (χ3v) is 7.06. The van der Waals surface area contributed by atoms with Crippen molar-refractivity contribution in [3.05, 3.63) is 10.0 Å². The van der Waals surface area contributed by atoms with Crippen LogP contribution in [0.25, 0.3) is 0 Å². The van der Waals surface area contributed by atoms with Crippen LogP contribution in [0.15, 0.2) is 0 Å². The Balaban J connectivity index is 1.70. The molecule has 0 N–H and O–H groups in total. The summed E-state index contributed by atoms with van der Waals surface area (Å²) in [6.07, 6.45) is 4.95. The standard InChI is InChI=1S/C19H30ClN3O3S/c1-3-26-17(24)19(8-12-25-2)7-6-9-22(14-19)13-15-16(20)21-18(27-15)23-10-4-5-11-23/h3-14H2,1-2H3/t19-/m0/s1. The molecule has 0 saturated carbocycles. The predicted octanol–water partition coefficient (Wildman–Crippen LogP) is 3.58. The Bertz CT molecular complexity index is 636. The number of nitrogens with zero attached hydrogens (tertiary/aromatic N) is 3. The van der Waals surface area contributed by atoms with Gasteiger partial charge in [-0.15, -0.1) is 0 Å². The van der Waals surface area contributed by atoms with E-state index in [1.54, 1.807) is 18.4 Å². The van der Waals surface area contributed by atoms with Crippen LogP contribution in [0.1, 0.15) is 43.9 Å². The number of hydrogen-bond donors (Lipinski definition) is 0. The lowest BCUT2D eigenvalue weighted by Crippen LogP contribution is -2.48. The first-order valence-electron chi connectivity index (χ1n) is 9.86. The maximum atomic E-state index is 12.7. The number of rotatable bonds is 8. The number of halogens is 1. The van der Waals surface area contributed by atoms with Gasteiger partial charge in [0.15, 0.2) is 5.13 Å². The summed E-state index contributed by atoms with van der Waals surface area (Å²) in [6, 6.07) is 0. The van der Waals surface area contributed by atoms with Crippen molar-refractivity contribution in [3.63, 3.8) is 0 Å². The first kappa shape index (κ1) is 20.8. The SMILES string of the molecule is CCOC(=O)[C@]1(CCOC)CCCN(Cc2sc(N3CCCC3)nc2Cl)C1. The monoisotopic (exact) mass is 415 g/mol. The number of ether oxygens (including phenoxy) is 2. The van der Waals surface area contributed by atoms with E-state index in [1.807, 2.05) is 6.92 Å². The van der Waals surface area contributed by atoms with Crippen LogP contribution in [0, 0.1) is 5.41 Å². The Labute approximate surface area is 170 Å². The van der Waals surface area contributed by atoms with E-state index in [0.29, 0.717) is 31.3 Å². The summed E-state index contributed by atoms with van der Waals surface area (Å²) < 4.78 is 10.7. The summed E-state index contributed by atoms with van der Waals surface area (Å²) in [5, 5.41) is 1.63. The van der Waals surface area contributed by atoms with E-state index in [1.165, 1.54) is 12.8 Å². The highest BCUT2D eigenvalue weighted by atomic mass is 35.5. The molecule has 152 valence electrons. The Morgan fingerprint density at radius 3 is 2.78 bits per heavy atom. The van der Waals surface area contributed by atoms with Gasteiger partial charge in [0, 0.05) is 39.9 Å². The molecule has 8 heteroatoms. The number of thiazole rings is 1. The summed E-state index contributed by atoms with van der Waals surface area (Å²) in [5.41, 5.74) is -0.487. The zero-order chi connectivity index (χ0) is 19.3. The number of carbonyl (C=O) groups excluding carboxylic acids is 1. The van der Waals surface area contributed by atoms with Crippen molar-refractivity contribution in [1.29, 1.82) is 0 Å². The molecule has 3 rings (SSSR count). The summed E-state index contributed by atoms with van der Waals surface area (Å²) in [4.78, 5) is 23.0. The molecule has 0 aromatic carbocycles. The molecule has 2 aliphatic rings. The molecule has 3 heterocycles. The van der Waals surface area contributed by atoms with Crippen LogP contribution in [0.5, 0.6) is 0 Å². The molecule has 2 aliphatic heterocycles. The first-order valence-corrected chi connectivity index (χ1v) is 11.1. The van der Waals surface area contributed by atoms with E-state index in [0.717, 1.165) is 49.0 Å². The topological polar surface area (TPSA) is 54.9 Å². The van der Waals surface area contributed by atoms with Gasteiger partial charge in [-0.2, -0.15) is 0 Å². The largest absolute Gasteiger partial charge is 0.466 e. The smallest absolute Gasteiger partial charge is 0.313 e. The van der Waals surface area contributed by atoms with Gasteiger partial charge in [-0.25, -0.2) is 4.98 Å². The quantitative estimate of drug-likeness (QED) is 0.605. The molecule has 0 unspecified atom stereocenters. The van der Waals surface area contributed by atoms with E-state index in [4.69, 9.17) is 21.1 Å². The van der Waals surface area contributed by atoms with E-state index in [-0.39, 0.29) is 5.97 Å². The minimum absolute atomic E-state index is 0.0973. The molecule has 0 spiro atoms. The zero-order valence-electron chi connectivity index (χ0n) is 16.3. The van der Waals surface area contributed by atoms with Gasteiger partial charge in [-0.1, -0.05) is 22.9 Å². The predicted molar refractivity (Wildman–Crippen MR) is 109 cm³/mol. The van der Waals surface area contributed by atoms with E-state index in [2.05, 4.69) is 14.8 Å². The molecule has 0 bridgehead atoms. The Morgan fingerprint density at radius 2 is 2.07 bits per heavy atom. The second-order valence-electron chi connectivity index (χ2n) is 7.46. The number of methoxy groups -OCH3 is 1. The summed E-state index contributed by atoms with van der Waals surface area (Å²) in [7, 11) is 1.68. The third-order valence-electron chi connectivity index (χ3n) is 5.53. The number of aromatic nitrogens is 1. The fourth-order valence-corrected chi connectivity index (χ4v) is 5.43. The summed E-state index contributed by atoms with van der Waals surface area (Å²) in [6.45, 7) is 7.34. The number of hydrogen-bond acceptors (Lipinski definition) is 7. The highest BCUT2D eigenvalue weighted by Gasteiger charge is 2.43. The Kier molecular flexibility index (Phi) is 7.36. The van der Waals surface area contributed by atoms with E-state index < -0.39 is 5.41 Å². The maximum absolute atomic E-state index is 12.7. The van der Waals surface area contributed by atoms with Crippen molar-refractivity contribution in [1.82, 2.24) is 9.88 Å². The number of piperidine rings is 1. The van der Waals surface area contributed by atoms with Gasteiger partial charge < -0.3 is 14.4 Å². The van der Waals surface area contributed by atoms with E-state index >= 15 is 0 Å². The second kappa shape index (κ2) is 9.54. The molecule has 2 saturated heterocycles. The lowest BCUT2D eigenvalue weighted by atomic mass is 9.77. The Hall–Kier alpha value is -0.890. The minimum atomic E-state index is -0.487. The van der Waals surface area contributed by atoms with Crippen molar-refractivity contribution in [2.75, 3.05) is 51.4 Å². The molecule has 0 amide bonds. The molecule has 1 aromatic rings. The normalized spacial score (nSPS) is 23.7. The Morgan fingerprint density at radius 1 is 1.30 bits per heavy atom. The van der Waals surface area contributed by atoms with Gasteiger partial charge in [0.2, 0.25) is 0 Å². The number of esters is 1. The van der Waals surface area contributed by atoms with Crippen LogP contribution in [0.3, 0.4) is 0 Å². The van der Waals surface area contributed by atoms with Crippen LogP contribution >= 0.6 is 22.9 Å². The van der Waals surface area contributed by atoms with Crippen LogP contribution in [0.2, 0.25) is 5.15 Å².